The largest absolute Gasteiger partial charge is 0.454 e. The van der Waals surface area contributed by atoms with E-state index in [0.29, 0.717) is 47.3 Å². The van der Waals surface area contributed by atoms with Crippen molar-refractivity contribution in [3.8, 4) is 0 Å². The molecule has 0 radical (unpaired) electrons. The van der Waals surface area contributed by atoms with Crippen LogP contribution in [0.1, 0.15) is 93.9 Å². The second kappa shape index (κ2) is 11.0. The van der Waals surface area contributed by atoms with Gasteiger partial charge in [0.15, 0.2) is 0 Å². The highest BCUT2D eigenvalue weighted by Gasteiger charge is 2.39. The third kappa shape index (κ3) is 6.47. The van der Waals surface area contributed by atoms with E-state index in [1.165, 1.54) is 25.7 Å². The zero-order valence-electron chi connectivity index (χ0n) is 20.6. The van der Waals surface area contributed by atoms with Gasteiger partial charge in [0, 0.05) is 0 Å². The maximum Gasteiger partial charge on any atom is 0.417 e. The van der Waals surface area contributed by atoms with Crippen molar-refractivity contribution in [1.82, 2.24) is 0 Å². The van der Waals surface area contributed by atoms with E-state index >= 15 is 0 Å². The minimum atomic E-state index is -0.819. The second-order valence-electron chi connectivity index (χ2n) is 11.2. The first-order valence-corrected chi connectivity index (χ1v) is 12.4. The molecule has 4 nitrogen and oxygen atoms in total. The van der Waals surface area contributed by atoms with E-state index in [1.54, 1.807) is 0 Å². The molecule has 0 bridgehead atoms. The summed E-state index contributed by atoms with van der Waals surface area (Å²) in [5.74, 6) is 2.44. The van der Waals surface area contributed by atoms with Crippen molar-refractivity contribution in [1.29, 1.82) is 0 Å². The molecule has 2 aliphatic carbocycles. The molecule has 4 heteroatoms. The lowest BCUT2D eigenvalue weighted by atomic mass is 9.68. The number of rotatable bonds is 6. The van der Waals surface area contributed by atoms with E-state index in [4.69, 9.17) is 9.47 Å². The van der Waals surface area contributed by atoms with Crippen LogP contribution in [0.2, 0.25) is 0 Å². The van der Waals surface area contributed by atoms with E-state index in [-0.39, 0.29) is 12.2 Å². The number of hydrogen-bond donors (Lipinski definition) is 0. The Bertz CT molecular complexity index is 519. The van der Waals surface area contributed by atoms with E-state index in [9.17, 15) is 9.59 Å². The lowest BCUT2D eigenvalue weighted by Gasteiger charge is -2.40. The van der Waals surface area contributed by atoms with Gasteiger partial charge in [-0.15, -0.1) is 0 Å². The van der Waals surface area contributed by atoms with E-state index in [0.717, 1.165) is 12.8 Å². The Balaban J connectivity index is 1.95. The molecule has 30 heavy (non-hydrogen) atoms. The predicted octanol–water partition coefficient (Wildman–Crippen LogP) is 6.27. The lowest BCUT2D eigenvalue weighted by molar-refractivity contribution is -0.178. The molecule has 0 spiro atoms. The summed E-state index contributed by atoms with van der Waals surface area (Å²) in [6.07, 6.45) is 6.40. The van der Waals surface area contributed by atoms with Crippen LogP contribution in [0.5, 0.6) is 0 Å². The number of hydrogen-bond acceptors (Lipinski definition) is 4. The molecular weight excluding hydrogens is 376 g/mol. The minimum absolute atomic E-state index is 0.256. The fraction of sp³-hybridized carbons (Fsp3) is 0.923. The molecule has 0 aliphatic heterocycles. The molecule has 2 rings (SSSR count). The monoisotopic (exact) mass is 422 g/mol. The van der Waals surface area contributed by atoms with Crippen LogP contribution in [-0.2, 0) is 19.1 Å². The Kier molecular flexibility index (Phi) is 9.24. The van der Waals surface area contributed by atoms with Gasteiger partial charge in [-0.2, -0.15) is 0 Å². The molecule has 2 fully saturated rings. The summed E-state index contributed by atoms with van der Waals surface area (Å²) < 4.78 is 11.3. The summed E-state index contributed by atoms with van der Waals surface area (Å²) in [4.78, 5) is 25.1. The SMILES string of the molecule is CC(C)[C@H]1CC[C@H](C)C[C@@H]1C(C)OC(=O)C(=O)OC(C)[C@H]1C[C@@H](C)CC[C@@H]1C(C)C. The number of carbonyl (C=O) groups excluding carboxylic acids is 2. The van der Waals surface area contributed by atoms with Gasteiger partial charge in [0.25, 0.3) is 0 Å². The van der Waals surface area contributed by atoms with E-state index in [1.807, 2.05) is 13.8 Å². The number of esters is 2. The number of carbonyl (C=O) groups is 2. The second-order valence-corrected chi connectivity index (χ2v) is 11.2. The van der Waals surface area contributed by atoms with Crippen LogP contribution in [0.25, 0.3) is 0 Å². The molecule has 0 amide bonds. The van der Waals surface area contributed by atoms with Gasteiger partial charge < -0.3 is 9.47 Å². The van der Waals surface area contributed by atoms with Crippen molar-refractivity contribution >= 4 is 11.9 Å². The Morgan fingerprint density at radius 1 is 0.600 bits per heavy atom. The predicted molar refractivity (Wildman–Crippen MR) is 121 cm³/mol. The summed E-state index contributed by atoms with van der Waals surface area (Å²) in [7, 11) is 0. The van der Waals surface area contributed by atoms with Crippen molar-refractivity contribution < 1.29 is 19.1 Å². The standard InChI is InChI=1S/C26H46O4/c1-15(2)21-11-9-17(5)13-23(21)19(7)29-25(27)26(28)30-20(8)24-14-18(6)10-12-22(24)16(3)4/h15-24H,9-14H2,1-8H3/t17-,18-,19?,20?,21+,22+,23+,24+/m0/s1. The fourth-order valence-corrected chi connectivity index (χ4v) is 6.24. The highest BCUT2D eigenvalue weighted by Crippen LogP contribution is 2.41. The first-order valence-electron chi connectivity index (χ1n) is 12.4. The Hall–Kier alpha value is -1.06. The molecule has 0 aromatic carbocycles. The van der Waals surface area contributed by atoms with Crippen LogP contribution in [0.15, 0.2) is 0 Å². The molecule has 0 aromatic rings. The molecule has 2 aliphatic rings. The number of ether oxygens (including phenoxy) is 2. The maximum atomic E-state index is 12.6. The average molecular weight is 423 g/mol. The smallest absolute Gasteiger partial charge is 0.417 e. The molecule has 8 atom stereocenters. The van der Waals surface area contributed by atoms with Crippen LogP contribution in [0.3, 0.4) is 0 Å². The Labute approximate surface area is 184 Å². The van der Waals surface area contributed by atoms with Gasteiger partial charge in [-0.05, 0) is 86.9 Å². The first-order chi connectivity index (χ1) is 14.0. The summed E-state index contributed by atoms with van der Waals surface area (Å²) >= 11 is 0. The molecule has 0 heterocycles. The Morgan fingerprint density at radius 2 is 0.933 bits per heavy atom. The summed E-state index contributed by atoms with van der Waals surface area (Å²) in [5, 5.41) is 0. The van der Waals surface area contributed by atoms with Crippen LogP contribution in [0.4, 0.5) is 0 Å². The van der Waals surface area contributed by atoms with Crippen molar-refractivity contribution in [3.63, 3.8) is 0 Å². The van der Waals surface area contributed by atoms with Crippen LogP contribution in [0, 0.1) is 47.3 Å². The highest BCUT2D eigenvalue weighted by molar-refractivity contribution is 6.29. The van der Waals surface area contributed by atoms with E-state index in [2.05, 4.69) is 41.5 Å². The van der Waals surface area contributed by atoms with Gasteiger partial charge in [0.1, 0.15) is 12.2 Å². The Morgan fingerprint density at radius 3 is 1.23 bits per heavy atom. The zero-order valence-corrected chi connectivity index (χ0v) is 20.6. The topological polar surface area (TPSA) is 52.6 Å². The van der Waals surface area contributed by atoms with Gasteiger partial charge in [-0.1, -0.05) is 54.4 Å². The van der Waals surface area contributed by atoms with Gasteiger partial charge >= 0.3 is 11.9 Å². The van der Waals surface area contributed by atoms with Crippen LogP contribution in [-0.4, -0.2) is 24.1 Å². The van der Waals surface area contributed by atoms with Crippen molar-refractivity contribution in [2.75, 3.05) is 0 Å². The summed E-state index contributed by atoms with van der Waals surface area (Å²) in [6.45, 7) is 17.4. The van der Waals surface area contributed by atoms with Crippen molar-refractivity contribution in [2.24, 2.45) is 47.3 Å². The average Bonchev–Trinajstić information content (AvgIpc) is 2.66. The van der Waals surface area contributed by atoms with Crippen molar-refractivity contribution in [3.05, 3.63) is 0 Å². The fourth-order valence-electron chi connectivity index (χ4n) is 6.24. The van der Waals surface area contributed by atoms with Gasteiger partial charge in [0.2, 0.25) is 0 Å². The minimum Gasteiger partial charge on any atom is -0.454 e. The molecule has 0 saturated heterocycles. The first kappa shape index (κ1) is 25.2. The van der Waals surface area contributed by atoms with Gasteiger partial charge in [0.05, 0.1) is 0 Å². The molecule has 0 N–H and O–H groups in total. The molecule has 2 unspecified atom stereocenters. The van der Waals surface area contributed by atoms with Crippen molar-refractivity contribution in [2.45, 2.75) is 106 Å². The normalized spacial score (nSPS) is 34.5. The highest BCUT2D eigenvalue weighted by atomic mass is 16.6. The summed E-state index contributed by atoms with van der Waals surface area (Å²) in [5.41, 5.74) is 0. The quantitative estimate of drug-likeness (QED) is 0.374. The van der Waals surface area contributed by atoms with Gasteiger partial charge in [-0.3, -0.25) is 0 Å². The maximum absolute atomic E-state index is 12.6. The molecule has 174 valence electrons. The van der Waals surface area contributed by atoms with Crippen LogP contribution < -0.4 is 0 Å². The molecule has 0 aromatic heterocycles. The third-order valence-electron chi connectivity index (χ3n) is 8.11. The zero-order chi connectivity index (χ0) is 22.6. The molecule has 2 saturated carbocycles. The molecular formula is C26H46O4. The summed E-state index contributed by atoms with van der Waals surface area (Å²) in [6, 6.07) is 0. The van der Waals surface area contributed by atoms with E-state index < -0.39 is 11.9 Å². The van der Waals surface area contributed by atoms with Gasteiger partial charge in [-0.25, -0.2) is 9.59 Å². The lowest BCUT2D eigenvalue weighted by Crippen LogP contribution is -2.40. The van der Waals surface area contributed by atoms with Crippen LogP contribution >= 0.6 is 0 Å². The third-order valence-corrected chi connectivity index (χ3v) is 8.11.